The summed E-state index contributed by atoms with van der Waals surface area (Å²) in [7, 11) is 2.93. The van der Waals surface area contributed by atoms with Crippen LogP contribution in [0.2, 0.25) is 0 Å². The molecule has 1 aromatic carbocycles. The van der Waals surface area contributed by atoms with Crippen LogP contribution in [0.3, 0.4) is 0 Å². The first-order chi connectivity index (χ1) is 12.0. The summed E-state index contributed by atoms with van der Waals surface area (Å²) in [5, 5.41) is 0. The first-order valence-corrected chi connectivity index (χ1v) is 7.55. The molecule has 9 heteroatoms. The van der Waals surface area contributed by atoms with Crippen molar-refractivity contribution >= 4 is 28.1 Å². The monoisotopic (exact) mass is 338 g/mol. The first-order valence-electron chi connectivity index (χ1n) is 7.55. The van der Waals surface area contributed by atoms with Gasteiger partial charge in [0.1, 0.15) is 12.9 Å². The lowest BCUT2D eigenvalue weighted by atomic mass is 10.3. The maximum atomic E-state index is 12.7. The van der Waals surface area contributed by atoms with Crippen molar-refractivity contribution in [1.29, 1.82) is 0 Å². The van der Waals surface area contributed by atoms with Crippen molar-refractivity contribution in [3.63, 3.8) is 0 Å². The van der Waals surface area contributed by atoms with E-state index < -0.39 is 11.2 Å². The Hall–Kier alpha value is -3.49. The van der Waals surface area contributed by atoms with E-state index in [1.807, 2.05) is 18.2 Å². The van der Waals surface area contributed by atoms with Gasteiger partial charge in [0.15, 0.2) is 11.2 Å². The molecular weight excluding hydrogens is 324 g/mol. The summed E-state index contributed by atoms with van der Waals surface area (Å²) in [4.78, 5) is 45.4. The van der Waals surface area contributed by atoms with Crippen molar-refractivity contribution in [2.24, 2.45) is 14.1 Å². The van der Waals surface area contributed by atoms with Gasteiger partial charge in [-0.1, -0.05) is 12.1 Å². The lowest BCUT2D eigenvalue weighted by Crippen LogP contribution is -2.37. The minimum Gasteiger partial charge on any atom is -0.315 e. The number of carbonyl (C=O) groups excluding carboxylic acids is 1. The van der Waals surface area contributed by atoms with Gasteiger partial charge in [0, 0.05) is 14.1 Å². The second-order valence-corrected chi connectivity index (χ2v) is 5.75. The zero-order chi connectivity index (χ0) is 17.7. The molecule has 3 aromatic heterocycles. The summed E-state index contributed by atoms with van der Waals surface area (Å²) < 4.78 is 5.17. The molecule has 0 aliphatic heterocycles. The molecule has 0 N–H and O–H groups in total. The van der Waals surface area contributed by atoms with Gasteiger partial charge in [0.05, 0.1) is 17.4 Å². The second-order valence-electron chi connectivity index (χ2n) is 5.75. The molecule has 0 aliphatic carbocycles. The summed E-state index contributed by atoms with van der Waals surface area (Å²) in [6.45, 7) is -0.0930. The summed E-state index contributed by atoms with van der Waals surface area (Å²) in [6.07, 6.45) is 2.85. The van der Waals surface area contributed by atoms with E-state index in [2.05, 4.69) is 9.97 Å². The van der Waals surface area contributed by atoms with Gasteiger partial charge in [0.25, 0.3) is 11.5 Å². The van der Waals surface area contributed by atoms with Gasteiger partial charge >= 0.3 is 5.69 Å². The number of carbonyl (C=O) groups is 1. The number of rotatable bonds is 2. The summed E-state index contributed by atoms with van der Waals surface area (Å²) in [6, 6.07) is 7.29. The van der Waals surface area contributed by atoms with Crippen molar-refractivity contribution < 1.29 is 4.79 Å². The number of benzene rings is 1. The molecule has 126 valence electrons. The number of hydrogen-bond acceptors (Lipinski definition) is 5. The largest absolute Gasteiger partial charge is 0.332 e. The van der Waals surface area contributed by atoms with Crippen LogP contribution in [-0.4, -0.2) is 34.1 Å². The molecule has 0 radical (unpaired) electrons. The highest BCUT2D eigenvalue weighted by atomic mass is 16.2. The molecule has 4 rings (SSSR count). The number of aromatic nitrogens is 6. The predicted molar refractivity (Wildman–Crippen MR) is 90.6 cm³/mol. The highest BCUT2D eigenvalue weighted by molar-refractivity contribution is 5.90. The molecule has 0 bridgehead atoms. The van der Waals surface area contributed by atoms with Gasteiger partial charge in [0.2, 0.25) is 0 Å². The van der Waals surface area contributed by atoms with Crippen LogP contribution in [0, 0.1) is 0 Å². The Labute approximate surface area is 140 Å². The maximum absolute atomic E-state index is 12.7. The van der Waals surface area contributed by atoms with Crippen LogP contribution < -0.4 is 11.2 Å². The molecule has 0 spiro atoms. The average molecular weight is 338 g/mol. The van der Waals surface area contributed by atoms with Gasteiger partial charge in [-0.2, -0.15) is 0 Å². The minimum absolute atomic E-state index is 0.0930. The maximum Gasteiger partial charge on any atom is 0.332 e. The summed E-state index contributed by atoms with van der Waals surface area (Å²) >= 11 is 0. The smallest absolute Gasteiger partial charge is 0.315 e. The first kappa shape index (κ1) is 15.1. The number of imidazole rings is 2. The normalized spacial score (nSPS) is 11.4. The van der Waals surface area contributed by atoms with E-state index in [0.717, 1.165) is 4.57 Å². The fourth-order valence-electron chi connectivity index (χ4n) is 2.90. The quantitative estimate of drug-likeness (QED) is 0.517. The predicted octanol–water partition coefficient (Wildman–Crippen LogP) is 0.124. The molecule has 0 saturated carbocycles. The zero-order valence-corrected chi connectivity index (χ0v) is 13.6. The van der Waals surface area contributed by atoms with Crippen LogP contribution >= 0.6 is 0 Å². The summed E-state index contributed by atoms with van der Waals surface area (Å²) in [5.41, 5.74) is 0.911. The highest BCUT2D eigenvalue weighted by Gasteiger charge is 2.17. The van der Waals surface area contributed by atoms with Gasteiger partial charge in [-0.05, 0) is 12.1 Å². The molecular formula is C16H14N6O3. The van der Waals surface area contributed by atoms with Crippen LogP contribution in [0.4, 0.5) is 0 Å². The second kappa shape index (κ2) is 5.26. The van der Waals surface area contributed by atoms with E-state index >= 15 is 0 Å². The Morgan fingerprint density at radius 3 is 2.60 bits per heavy atom. The van der Waals surface area contributed by atoms with Crippen molar-refractivity contribution in [3.05, 3.63) is 57.8 Å². The third-order valence-corrected chi connectivity index (χ3v) is 4.25. The van der Waals surface area contributed by atoms with Gasteiger partial charge in [-0.3, -0.25) is 23.3 Å². The number of hydrogen-bond donors (Lipinski definition) is 0. The molecule has 0 unspecified atom stereocenters. The van der Waals surface area contributed by atoms with E-state index in [-0.39, 0.29) is 23.6 Å². The fraction of sp³-hybridized carbons (Fsp3) is 0.188. The van der Waals surface area contributed by atoms with Crippen molar-refractivity contribution in [2.45, 2.75) is 6.54 Å². The Bertz CT molecular complexity index is 1260. The Balaban J connectivity index is 1.83. The molecule has 0 fully saturated rings. The van der Waals surface area contributed by atoms with Crippen molar-refractivity contribution in [2.75, 3.05) is 0 Å². The molecule has 4 aromatic rings. The highest BCUT2D eigenvalue weighted by Crippen LogP contribution is 2.13. The zero-order valence-electron chi connectivity index (χ0n) is 13.6. The Morgan fingerprint density at radius 2 is 1.80 bits per heavy atom. The van der Waals surface area contributed by atoms with Crippen LogP contribution in [0.15, 0.2) is 46.5 Å². The van der Waals surface area contributed by atoms with E-state index in [1.165, 1.54) is 40.5 Å². The van der Waals surface area contributed by atoms with E-state index in [4.69, 9.17) is 0 Å². The van der Waals surface area contributed by atoms with Gasteiger partial charge in [-0.15, -0.1) is 0 Å². The number of para-hydroxylation sites is 2. The molecule has 3 heterocycles. The van der Waals surface area contributed by atoms with Crippen LogP contribution in [-0.2, 0) is 20.6 Å². The molecule has 25 heavy (non-hydrogen) atoms. The molecule has 0 atom stereocenters. The Morgan fingerprint density at radius 1 is 1.04 bits per heavy atom. The third-order valence-electron chi connectivity index (χ3n) is 4.25. The van der Waals surface area contributed by atoms with Crippen molar-refractivity contribution in [1.82, 2.24) is 28.2 Å². The van der Waals surface area contributed by atoms with Gasteiger partial charge in [-0.25, -0.2) is 14.8 Å². The third kappa shape index (κ3) is 2.12. The lowest BCUT2D eigenvalue weighted by Gasteiger charge is -2.07. The number of aryl methyl sites for hydroxylation is 1. The summed E-state index contributed by atoms with van der Waals surface area (Å²) in [5.74, 6) is -0.260. The van der Waals surface area contributed by atoms with Crippen LogP contribution in [0.1, 0.15) is 4.79 Å². The van der Waals surface area contributed by atoms with E-state index in [1.54, 1.807) is 6.07 Å². The lowest BCUT2D eigenvalue weighted by molar-refractivity contribution is 0.0897. The Kier molecular flexibility index (Phi) is 3.17. The number of fused-ring (bicyclic) bond motifs is 2. The van der Waals surface area contributed by atoms with E-state index in [9.17, 15) is 14.4 Å². The van der Waals surface area contributed by atoms with Gasteiger partial charge < -0.3 is 4.57 Å². The van der Waals surface area contributed by atoms with E-state index in [0.29, 0.717) is 11.0 Å². The average Bonchev–Trinajstić information content (AvgIpc) is 3.22. The molecule has 9 nitrogen and oxygen atoms in total. The molecule has 0 saturated heterocycles. The van der Waals surface area contributed by atoms with Crippen molar-refractivity contribution in [3.8, 4) is 0 Å². The number of nitrogens with zero attached hydrogens (tertiary/aromatic N) is 6. The molecule has 0 amide bonds. The van der Waals surface area contributed by atoms with Crippen LogP contribution in [0.25, 0.3) is 22.2 Å². The standard InChI is InChI=1S/C16H14N6O3/c1-19-14-13(15(24)20(2)16(19)25)21(8-18-14)7-12(23)22-9-17-10-5-3-4-6-11(10)22/h3-6,8-9H,7H2,1-2H3. The molecule has 0 aliphatic rings. The topological polar surface area (TPSA) is 96.7 Å². The minimum atomic E-state index is -0.487. The van der Waals surface area contributed by atoms with Crippen LogP contribution in [0.5, 0.6) is 0 Å². The fourth-order valence-corrected chi connectivity index (χ4v) is 2.90. The SMILES string of the molecule is Cn1c(=O)c2c(ncn2CC(=O)n2cnc3ccccc32)n(C)c1=O.